The zero-order valence-electron chi connectivity index (χ0n) is 14.5. The van der Waals surface area contributed by atoms with E-state index in [-0.39, 0.29) is 18.0 Å². The molecule has 0 saturated carbocycles. The second kappa shape index (κ2) is 9.01. The van der Waals surface area contributed by atoms with Gasteiger partial charge in [-0.3, -0.25) is 9.69 Å². The Hall–Kier alpha value is -1.43. The first-order valence-electron chi connectivity index (χ1n) is 8.44. The lowest BCUT2D eigenvalue weighted by atomic mass is 10.0. The van der Waals surface area contributed by atoms with Crippen molar-refractivity contribution >= 4 is 5.91 Å². The number of amides is 1. The Balaban J connectivity index is 2.01. The predicted octanol–water partition coefficient (Wildman–Crippen LogP) is 1.48. The van der Waals surface area contributed by atoms with Gasteiger partial charge in [-0.2, -0.15) is 0 Å². The number of rotatable bonds is 7. The standard InChI is InChI=1S/C18H29N3O2/c1-14(2)20-18(22)12-19-17(13-21-8-10-23-11-9-21)16-7-5-4-6-15(16)3/h4-7,14,17,19H,8-13H2,1-3H3,(H,20,22)/t17-/m1/s1. The first-order valence-corrected chi connectivity index (χ1v) is 8.44. The van der Waals surface area contributed by atoms with Crippen molar-refractivity contribution in [1.82, 2.24) is 15.5 Å². The number of nitrogens with zero attached hydrogens (tertiary/aromatic N) is 1. The quantitative estimate of drug-likeness (QED) is 0.799. The van der Waals surface area contributed by atoms with Crippen LogP contribution in [-0.2, 0) is 9.53 Å². The molecule has 1 saturated heterocycles. The zero-order chi connectivity index (χ0) is 16.7. The molecule has 0 aromatic heterocycles. The lowest BCUT2D eigenvalue weighted by Gasteiger charge is -2.31. The van der Waals surface area contributed by atoms with E-state index < -0.39 is 0 Å². The average Bonchev–Trinajstić information content (AvgIpc) is 2.52. The van der Waals surface area contributed by atoms with E-state index in [1.54, 1.807) is 0 Å². The van der Waals surface area contributed by atoms with E-state index in [4.69, 9.17) is 4.74 Å². The molecule has 128 valence electrons. The Morgan fingerprint density at radius 2 is 1.96 bits per heavy atom. The van der Waals surface area contributed by atoms with Gasteiger partial charge in [0.2, 0.25) is 5.91 Å². The van der Waals surface area contributed by atoms with Crippen molar-refractivity contribution in [3.8, 4) is 0 Å². The number of aryl methyl sites for hydroxylation is 1. The highest BCUT2D eigenvalue weighted by molar-refractivity contribution is 5.78. The van der Waals surface area contributed by atoms with Crippen LogP contribution in [0, 0.1) is 6.92 Å². The van der Waals surface area contributed by atoms with Gasteiger partial charge in [-0.05, 0) is 31.9 Å². The van der Waals surface area contributed by atoms with E-state index in [2.05, 4.69) is 46.7 Å². The molecule has 2 rings (SSSR count). The molecule has 1 aromatic rings. The molecule has 1 amide bonds. The number of morpholine rings is 1. The predicted molar refractivity (Wildman–Crippen MR) is 92.5 cm³/mol. The smallest absolute Gasteiger partial charge is 0.234 e. The zero-order valence-corrected chi connectivity index (χ0v) is 14.5. The molecule has 0 unspecified atom stereocenters. The van der Waals surface area contributed by atoms with E-state index in [1.165, 1.54) is 11.1 Å². The van der Waals surface area contributed by atoms with Gasteiger partial charge in [-0.15, -0.1) is 0 Å². The van der Waals surface area contributed by atoms with Crippen LogP contribution < -0.4 is 10.6 Å². The van der Waals surface area contributed by atoms with Crippen LogP contribution in [0.3, 0.4) is 0 Å². The summed E-state index contributed by atoms with van der Waals surface area (Å²) in [5.74, 6) is 0.0422. The van der Waals surface area contributed by atoms with Crippen LogP contribution in [0.15, 0.2) is 24.3 Å². The molecular weight excluding hydrogens is 290 g/mol. The maximum absolute atomic E-state index is 12.0. The fraction of sp³-hybridized carbons (Fsp3) is 0.611. The molecule has 0 radical (unpaired) electrons. The minimum atomic E-state index is 0.0422. The van der Waals surface area contributed by atoms with Crippen molar-refractivity contribution in [2.75, 3.05) is 39.4 Å². The Morgan fingerprint density at radius 1 is 1.26 bits per heavy atom. The Bertz CT molecular complexity index is 499. The summed E-state index contributed by atoms with van der Waals surface area (Å²) >= 11 is 0. The van der Waals surface area contributed by atoms with Crippen molar-refractivity contribution < 1.29 is 9.53 Å². The lowest BCUT2D eigenvalue weighted by Crippen LogP contribution is -2.45. The number of hydrogen-bond acceptors (Lipinski definition) is 4. The monoisotopic (exact) mass is 319 g/mol. The fourth-order valence-corrected chi connectivity index (χ4v) is 2.88. The number of hydrogen-bond donors (Lipinski definition) is 2. The van der Waals surface area contributed by atoms with Gasteiger partial charge in [-0.1, -0.05) is 24.3 Å². The molecule has 1 aromatic carbocycles. The molecule has 1 heterocycles. The van der Waals surface area contributed by atoms with Gasteiger partial charge in [0.15, 0.2) is 0 Å². The van der Waals surface area contributed by atoms with Crippen molar-refractivity contribution in [3.05, 3.63) is 35.4 Å². The van der Waals surface area contributed by atoms with Crippen molar-refractivity contribution in [3.63, 3.8) is 0 Å². The van der Waals surface area contributed by atoms with Crippen molar-refractivity contribution in [2.45, 2.75) is 32.9 Å². The van der Waals surface area contributed by atoms with Crippen LogP contribution in [0.1, 0.15) is 31.0 Å². The van der Waals surface area contributed by atoms with Crippen molar-refractivity contribution in [2.24, 2.45) is 0 Å². The summed E-state index contributed by atoms with van der Waals surface area (Å²) in [6.45, 7) is 10.8. The first kappa shape index (κ1) is 17.9. The van der Waals surface area contributed by atoms with Gasteiger partial charge in [0.1, 0.15) is 0 Å². The van der Waals surface area contributed by atoms with E-state index in [9.17, 15) is 4.79 Å². The van der Waals surface area contributed by atoms with Gasteiger partial charge in [0.05, 0.1) is 19.8 Å². The topological polar surface area (TPSA) is 53.6 Å². The van der Waals surface area contributed by atoms with Gasteiger partial charge < -0.3 is 15.4 Å². The second-order valence-corrected chi connectivity index (χ2v) is 6.43. The molecule has 0 spiro atoms. The molecular formula is C18H29N3O2. The SMILES string of the molecule is Cc1ccccc1[C@@H](CN1CCOCC1)NCC(=O)NC(C)C. The highest BCUT2D eigenvalue weighted by Crippen LogP contribution is 2.19. The molecule has 23 heavy (non-hydrogen) atoms. The highest BCUT2D eigenvalue weighted by atomic mass is 16.5. The van der Waals surface area contributed by atoms with Crippen LogP contribution in [0.5, 0.6) is 0 Å². The van der Waals surface area contributed by atoms with E-state index in [0.29, 0.717) is 6.54 Å². The number of ether oxygens (including phenoxy) is 1. The summed E-state index contributed by atoms with van der Waals surface area (Å²) in [5.41, 5.74) is 2.51. The second-order valence-electron chi connectivity index (χ2n) is 6.43. The van der Waals surface area contributed by atoms with Gasteiger partial charge in [0, 0.05) is 31.7 Å². The van der Waals surface area contributed by atoms with Gasteiger partial charge in [-0.25, -0.2) is 0 Å². The summed E-state index contributed by atoms with van der Waals surface area (Å²) in [6, 6.07) is 8.69. The number of carbonyl (C=O) groups is 1. The maximum Gasteiger partial charge on any atom is 0.234 e. The van der Waals surface area contributed by atoms with Crippen LogP contribution in [-0.4, -0.2) is 56.2 Å². The third-order valence-corrected chi connectivity index (χ3v) is 4.07. The Kier molecular flexibility index (Phi) is 7.02. The van der Waals surface area contributed by atoms with E-state index in [1.807, 2.05) is 13.8 Å². The van der Waals surface area contributed by atoms with E-state index in [0.717, 1.165) is 32.8 Å². The van der Waals surface area contributed by atoms with Gasteiger partial charge >= 0.3 is 0 Å². The normalized spacial score (nSPS) is 17.2. The largest absolute Gasteiger partial charge is 0.379 e. The minimum Gasteiger partial charge on any atom is -0.379 e. The molecule has 1 aliphatic rings. The number of carbonyl (C=O) groups excluding carboxylic acids is 1. The van der Waals surface area contributed by atoms with Gasteiger partial charge in [0.25, 0.3) is 0 Å². The molecule has 2 N–H and O–H groups in total. The first-order chi connectivity index (χ1) is 11.1. The summed E-state index contributed by atoms with van der Waals surface area (Å²) in [6.07, 6.45) is 0. The molecule has 5 nitrogen and oxygen atoms in total. The lowest BCUT2D eigenvalue weighted by molar-refractivity contribution is -0.120. The summed E-state index contributed by atoms with van der Waals surface area (Å²) < 4.78 is 5.43. The third kappa shape index (κ3) is 5.94. The molecule has 1 atom stereocenters. The van der Waals surface area contributed by atoms with Crippen molar-refractivity contribution in [1.29, 1.82) is 0 Å². The summed E-state index contributed by atoms with van der Waals surface area (Å²) in [5, 5.41) is 6.37. The Morgan fingerprint density at radius 3 is 2.61 bits per heavy atom. The highest BCUT2D eigenvalue weighted by Gasteiger charge is 2.20. The molecule has 1 aliphatic heterocycles. The minimum absolute atomic E-state index is 0.0422. The molecule has 0 bridgehead atoms. The number of benzene rings is 1. The molecule has 0 aliphatic carbocycles. The summed E-state index contributed by atoms with van der Waals surface area (Å²) in [4.78, 5) is 14.4. The average molecular weight is 319 g/mol. The molecule has 1 fully saturated rings. The van der Waals surface area contributed by atoms with Crippen LogP contribution in [0.4, 0.5) is 0 Å². The van der Waals surface area contributed by atoms with E-state index >= 15 is 0 Å². The fourth-order valence-electron chi connectivity index (χ4n) is 2.88. The van der Waals surface area contributed by atoms with Crippen LogP contribution >= 0.6 is 0 Å². The summed E-state index contributed by atoms with van der Waals surface area (Å²) in [7, 11) is 0. The Labute approximate surface area is 139 Å². The maximum atomic E-state index is 12.0. The number of nitrogens with one attached hydrogen (secondary N) is 2. The van der Waals surface area contributed by atoms with Crippen LogP contribution in [0.25, 0.3) is 0 Å². The van der Waals surface area contributed by atoms with Crippen LogP contribution in [0.2, 0.25) is 0 Å². The third-order valence-electron chi connectivity index (χ3n) is 4.07. The molecule has 5 heteroatoms.